The van der Waals surface area contributed by atoms with E-state index in [9.17, 15) is 22.8 Å². The van der Waals surface area contributed by atoms with E-state index in [1.54, 1.807) is 4.90 Å². The number of anilines is 1. The Hall–Kier alpha value is -4.65. The first-order valence-electron chi connectivity index (χ1n) is 14.8. The van der Waals surface area contributed by atoms with Crippen molar-refractivity contribution in [3.05, 3.63) is 89.7 Å². The Morgan fingerprint density at radius 1 is 1.09 bits per heavy atom. The third-order valence-electron chi connectivity index (χ3n) is 7.19. The summed E-state index contributed by atoms with van der Waals surface area (Å²) in [5.74, 6) is 0.507. The average Bonchev–Trinajstić information content (AvgIpc) is 3.64. The van der Waals surface area contributed by atoms with E-state index < -0.39 is 12.4 Å². The smallest absolute Gasteiger partial charge is 0.406 e. The molecule has 9 nitrogen and oxygen atoms in total. The molecule has 1 aromatic heterocycles. The maximum atomic E-state index is 12.7. The molecule has 0 spiro atoms. The Bertz CT molecular complexity index is 1740. The first-order valence-corrected chi connectivity index (χ1v) is 15.8. The Morgan fingerprint density at radius 2 is 1.87 bits per heavy atom. The van der Waals surface area contributed by atoms with Gasteiger partial charge in [0.2, 0.25) is 5.91 Å². The number of thioether (sulfide) groups is 1. The summed E-state index contributed by atoms with van der Waals surface area (Å²) in [5.41, 5.74) is 5.32. The lowest BCUT2D eigenvalue weighted by Gasteiger charge is -2.22. The van der Waals surface area contributed by atoms with E-state index in [0.29, 0.717) is 23.2 Å². The molecule has 0 bridgehead atoms. The van der Waals surface area contributed by atoms with Gasteiger partial charge in [0.1, 0.15) is 12.1 Å². The van der Waals surface area contributed by atoms with Crippen LogP contribution in [0.25, 0.3) is 17.1 Å². The number of aromatic nitrogens is 3. The normalized spacial score (nSPS) is 14.4. The molecule has 3 amide bonds. The van der Waals surface area contributed by atoms with Gasteiger partial charge in [0.05, 0.1) is 17.1 Å². The van der Waals surface area contributed by atoms with Gasteiger partial charge in [-0.25, -0.2) is 14.5 Å². The van der Waals surface area contributed by atoms with Gasteiger partial charge in [-0.3, -0.25) is 9.69 Å². The van der Waals surface area contributed by atoms with Gasteiger partial charge in [-0.15, -0.1) is 18.3 Å². The lowest BCUT2D eigenvalue weighted by Crippen LogP contribution is -2.32. The van der Waals surface area contributed by atoms with Gasteiger partial charge < -0.3 is 10.1 Å². The number of carbonyl (C=O) groups is 2. The lowest BCUT2D eigenvalue weighted by molar-refractivity contribution is -0.274. The molecule has 0 radical (unpaired) electrons. The number of nitrogens with zero attached hydrogens (tertiary/aromatic N) is 5. The summed E-state index contributed by atoms with van der Waals surface area (Å²) in [6.45, 7) is 6.59. The van der Waals surface area contributed by atoms with Gasteiger partial charge in [-0.1, -0.05) is 61.5 Å². The summed E-state index contributed by atoms with van der Waals surface area (Å²) in [7, 11) is 0. The van der Waals surface area contributed by atoms with Crippen molar-refractivity contribution in [2.75, 3.05) is 17.2 Å². The van der Waals surface area contributed by atoms with Crippen molar-refractivity contribution in [2.45, 2.75) is 52.3 Å². The van der Waals surface area contributed by atoms with Crippen molar-refractivity contribution < 1.29 is 27.5 Å². The zero-order chi connectivity index (χ0) is 32.8. The molecule has 3 aromatic carbocycles. The highest BCUT2D eigenvalue weighted by atomic mass is 32.2. The van der Waals surface area contributed by atoms with Crippen molar-refractivity contribution in [1.29, 1.82) is 0 Å². The number of unbranched alkanes of at least 4 members (excludes halogenated alkanes) is 1. The Kier molecular flexibility index (Phi) is 10.1. The van der Waals surface area contributed by atoms with Gasteiger partial charge in [0, 0.05) is 12.1 Å². The monoisotopic (exact) mass is 650 g/mol. The van der Waals surface area contributed by atoms with Crippen LogP contribution in [0.3, 0.4) is 0 Å². The van der Waals surface area contributed by atoms with Crippen LogP contribution in [0.5, 0.6) is 5.75 Å². The minimum Gasteiger partial charge on any atom is -0.406 e. The quantitative estimate of drug-likeness (QED) is 0.179. The number of amidine groups is 1. The standard InChI is InChI=1S/C33H33F3N6O3S/c1-21(2)27-17-22(3)10-15-28(27)42-29(43)19-46-32(42)39-31(44)37-16-5-4-7-23-8-6-9-24(18-23)30-38-20-41(40-30)25-11-13-26(14-12-25)45-33(34,35)36/h6,8-15,17-18,20-21H,4-5,7,16,19H2,1-3H3,(H,37,44). The maximum Gasteiger partial charge on any atom is 0.573 e. The molecule has 13 heteroatoms. The second-order valence-corrected chi connectivity index (χ2v) is 12.0. The number of aliphatic imine (C=N–C) groups is 1. The zero-order valence-electron chi connectivity index (χ0n) is 25.5. The van der Waals surface area contributed by atoms with Crippen LogP contribution < -0.4 is 15.0 Å². The van der Waals surface area contributed by atoms with Crippen LogP contribution in [0.4, 0.5) is 23.7 Å². The van der Waals surface area contributed by atoms with E-state index in [1.807, 2.05) is 43.3 Å². The summed E-state index contributed by atoms with van der Waals surface area (Å²) >= 11 is 1.26. The number of aryl methyl sites for hydroxylation is 2. The van der Waals surface area contributed by atoms with E-state index in [-0.39, 0.29) is 23.3 Å². The predicted octanol–water partition coefficient (Wildman–Crippen LogP) is 7.43. The molecular formula is C33H33F3N6O3S. The highest BCUT2D eigenvalue weighted by Gasteiger charge is 2.32. The van der Waals surface area contributed by atoms with Crippen LogP contribution in [-0.4, -0.2) is 50.5 Å². The zero-order valence-corrected chi connectivity index (χ0v) is 26.4. The van der Waals surface area contributed by atoms with Crippen LogP contribution in [0.1, 0.15) is 49.3 Å². The second kappa shape index (κ2) is 14.2. The Morgan fingerprint density at radius 3 is 2.61 bits per heavy atom. The molecule has 5 rings (SSSR count). The minimum absolute atomic E-state index is 0.0971. The summed E-state index contributed by atoms with van der Waals surface area (Å²) in [4.78, 5) is 35.5. The van der Waals surface area contributed by atoms with E-state index in [0.717, 1.165) is 47.2 Å². The highest BCUT2D eigenvalue weighted by Crippen LogP contribution is 2.34. The number of alkyl halides is 3. The number of nitrogens with one attached hydrogen (secondary N) is 1. The number of hydrogen-bond donors (Lipinski definition) is 1. The fourth-order valence-electron chi connectivity index (χ4n) is 4.98. The maximum absolute atomic E-state index is 12.7. The number of carbonyl (C=O) groups excluding carboxylic acids is 2. The number of urea groups is 1. The molecule has 1 N–H and O–H groups in total. The summed E-state index contributed by atoms with van der Waals surface area (Å²) < 4.78 is 42.7. The van der Waals surface area contributed by atoms with Crippen molar-refractivity contribution in [3.8, 4) is 22.8 Å². The van der Waals surface area contributed by atoms with E-state index in [1.165, 1.54) is 47.0 Å². The van der Waals surface area contributed by atoms with E-state index in [4.69, 9.17) is 0 Å². The van der Waals surface area contributed by atoms with Gasteiger partial charge in [-0.2, -0.15) is 4.99 Å². The second-order valence-electron chi connectivity index (χ2n) is 11.1. The van der Waals surface area contributed by atoms with Crippen molar-refractivity contribution in [3.63, 3.8) is 0 Å². The van der Waals surface area contributed by atoms with Gasteiger partial charge >= 0.3 is 12.4 Å². The number of hydrogen-bond acceptors (Lipinski definition) is 6. The molecule has 240 valence electrons. The molecule has 0 unspecified atom stereocenters. The van der Waals surface area contributed by atoms with E-state index in [2.05, 4.69) is 45.0 Å². The van der Waals surface area contributed by atoms with Crippen molar-refractivity contribution in [2.24, 2.45) is 4.99 Å². The third kappa shape index (κ3) is 8.33. The number of rotatable bonds is 10. The predicted molar refractivity (Wildman–Crippen MR) is 172 cm³/mol. The largest absolute Gasteiger partial charge is 0.573 e. The van der Waals surface area contributed by atoms with E-state index >= 15 is 0 Å². The molecule has 4 aromatic rings. The Labute approximate surface area is 268 Å². The highest BCUT2D eigenvalue weighted by molar-refractivity contribution is 8.15. The van der Waals surface area contributed by atoms with Gasteiger partial charge in [0.15, 0.2) is 11.0 Å². The molecule has 0 aliphatic carbocycles. The molecule has 46 heavy (non-hydrogen) atoms. The molecule has 2 heterocycles. The molecule has 1 aliphatic heterocycles. The van der Waals surface area contributed by atoms with Crippen LogP contribution in [-0.2, 0) is 11.2 Å². The Balaban J connectivity index is 1.12. The first-order chi connectivity index (χ1) is 22.0. The van der Waals surface area contributed by atoms with Crippen molar-refractivity contribution in [1.82, 2.24) is 20.1 Å². The van der Waals surface area contributed by atoms with Crippen LogP contribution >= 0.6 is 11.8 Å². The molecule has 1 fully saturated rings. The number of amides is 3. The van der Waals surface area contributed by atoms with Crippen molar-refractivity contribution >= 4 is 34.6 Å². The number of ether oxygens (including phenoxy) is 1. The number of halogens is 3. The van der Waals surface area contributed by atoms with Crippen LogP contribution in [0, 0.1) is 6.92 Å². The average molecular weight is 651 g/mol. The summed E-state index contributed by atoms with van der Waals surface area (Å²) in [6, 6.07) is 18.6. The fraction of sp³-hybridized carbons (Fsp3) is 0.303. The molecule has 1 aliphatic rings. The third-order valence-corrected chi connectivity index (χ3v) is 8.11. The molecule has 1 saturated heterocycles. The van der Waals surface area contributed by atoms with Gasteiger partial charge in [-0.05, 0) is 79.6 Å². The SMILES string of the molecule is Cc1ccc(N2C(=O)CSC2=NC(=O)NCCCCc2cccc(-c3ncn(-c4ccc(OC(F)(F)F)cc4)n3)c2)c(C(C)C)c1. The lowest BCUT2D eigenvalue weighted by atomic mass is 9.98. The molecular weight excluding hydrogens is 617 g/mol. The topological polar surface area (TPSA) is 102 Å². The molecule has 0 atom stereocenters. The minimum atomic E-state index is -4.75. The number of benzene rings is 3. The first kappa shape index (κ1) is 32.7. The van der Waals surface area contributed by atoms with Crippen LogP contribution in [0.2, 0.25) is 0 Å². The summed E-state index contributed by atoms with van der Waals surface area (Å²) in [6.07, 6.45) is -0.947. The van der Waals surface area contributed by atoms with Gasteiger partial charge in [0.25, 0.3) is 0 Å². The fourth-order valence-corrected chi connectivity index (χ4v) is 5.84. The molecule has 0 saturated carbocycles. The van der Waals surface area contributed by atoms with Crippen LogP contribution in [0.15, 0.2) is 78.0 Å². The summed E-state index contributed by atoms with van der Waals surface area (Å²) in [5, 5.41) is 7.69.